The van der Waals surface area contributed by atoms with Gasteiger partial charge in [0.15, 0.2) is 0 Å². The molecule has 0 saturated heterocycles. The van der Waals surface area contributed by atoms with Gasteiger partial charge in [-0.1, -0.05) is 31.2 Å². The van der Waals surface area contributed by atoms with Crippen LogP contribution in [-0.2, 0) is 4.79 Å². The number of aliphatic imine (C=N–C) groups is 1. The van der Waals surface area contributed by atoms with Gasteiger partial charge < -0.3 is 9.64 Å². The molecule has 0 N–H and O–H groups in total. The van der Waals surface area contributed by atoms with E-state index in [1.807, 2.05) is 17.0 Å². The summed E-state index contributed by atoms with van der Waals surface area (Å²) in [7, 11) is 1.69. The smallest absolute Gasteiger partial charge is 0.223 e. The maximum atomic E-state index is 13.1. The molecular weight excluding hydrogens is 372 g/mol. The third-order valence-corrected chi connectivity index (χ3v) is 7.12. The quantitative estimate of drug-likeness (QED) is 0.579. The van der Waals surface area contributed by atoms with E-state index in [4.69, 9.17) is 9.73 Å². The van der Waals surface area contributed by atoms with Crippen molar-refractivity contribution in [2.45, 2.75) is 71.4 Å². The Labute approximate surface area is 180 Å². The fourth-order valence-corrected chi connectivity index (χ4v) is 5.31. The van der Waals surface area contributed by atoms with Gasteiger partial charge in [0.1, 0.15) is 5.75 Å². The lowest BCUT2D eigenvalue weighted by molar-refractivity contribution is -0.131. The van der Waals surface area contributed by atoms with Gasteiger partial charge in [-0.25, -0.2) is 0 Å². The number of hydrogen-bond donors (Lipinski definition) is 0. The largest absolute Gasteiger partial charge is 0.496 e. The van der Waals surface area contributed by atoms with Crippen molar-refractivity contribution in [3.63, 3.8) is 0 Å². The summed E-state index contributed by atoms with van der Waals surface area (Å²) in [6.07, 6.45) is 10.4. The molecule has 2 heterocycles. The molecule has 1 saturated carbocycles. The lowest BCUT2D eigenvalue weighted by atomic mass is 9.83. The van der Waals surface area contributed by atoms with Gasteiger partial charge in [-0.15, -0.1) is 0 Å². The number of methoxy groups -OCH3 is 1. The Bertz CT molecular complexity index is 912. The molecule has 4 heteroatoms. The molecule has 4 rings (SSSR count). The van der Waals surface area contributed by atoms with Crippen LogP contribution in [0.25, 0.3) is 0 Å². The predicted molar refractivity (Wildman–Crippen MR) is 122 cm³/mol. The van der Waals surface area contributed by atoms with Gasteiger partial charge in [-0.3, -0.25) is 9.79 Å². The highest BCUT2D eigenvalue weighted by atomic mass is 16.5. The maximum absolute atomic E-state index is 13.1. The van der Waals surface area contributed by atoms with Crippen LogP contribution in [0, 0.1) is 12.8 Å². The van der Waals surface area contributed by atoms with Gasteiger partial charge in [-0.05, 0) is 80.2 Å². The van der Waals surface area contributed by atoms with E-state index in [1.54, 1.807) is 7.11 Å². The molecule has 2 aliphatic heterocycles. The molecule has 1 aromatic carbocycles. The zero-order valence-electron chi connectivity index (χ0n) is 18.8. The number of carbonyl (C=O) groups excluding carboxylic acids is 1. The van der Waals surface area contributed by atoms with Crippen molar-refractivity contribution in [2.75, 3.05) is 13.7 Å². The fourth-order valence-electron chi connectivity index (χ4n) is 5.31. The normalized spacial score (nSPS) is 25.5. The Balaban J connectivity index is 1.37. The number of carbonyl (C=O) groups is 1. The number of hydrogen-bond acceptors (Lipinski definition) is 3. The van der Waals surface area contributed by atoms with Gasteiger partial charge in [0, 0.05) is 18.7 Å². The molecule has 1 aliphatic carbocycles. The van der Waals surface area contributed by atoms with Crippen LogP contribution < -0.4 is 4.74 Å². The van der Waals surface area contributed by atoms with Crippen molar-refractivity contribution in [1.82, 2.24) is 4.90 Å². The molecule has 1 unspecified atom stereocenters. The molecule has 1 amide bonds. The second kappa shape index (κ2) is 8.79. The number of ether oxygens (including phenoxy) is 1. The molecule has 0 radical (unpaired) electrons. The Kier molecular flexibility index (Phi) is 6.12. The van der Waals surface area contributed by atoms with E-state index in [0.717, 1.165) is 29.7 Å². The highest BCUT2D eigenvalue weighted by Gasteiger charge is 2.31. The zero-order valence-corrected chi connectivity index (χ0v) is 18.8. The average molecular weight is 407 g/mol. The Morgan fingerprint density at radius 1 is 1.30 bits per heavy atom. The average Bonchev–Trinajstić information content (AvgIpc) is 3.35. The number of benzene rings is 1. The summed E-state index contributed by atoms with van der Waals surface area (Å²) in [5.41, 5.74) is 6.58. The highest BCUT2D eigenvalue weighted by molar-refractivity contribution is 6.05. The number of fused-ring (bicyclic) bond motifs is 1. The van der Waals surface area contributed by atoms with Crippen LogP contribution in [0.5, 0.6) is 5.75 Å². The summed E-state index contributed by atoms with van der Waals surface area (Å²) >= 11 is 0. The topological polar surface area (TPSA) is 41.9 Å². The van der Waals surface area contributed by atoms with E-state index in [-0.39, 0.29) is 18.0 Å². The summed E-state index contributed by atoms with van der Waals surface area (Å²) in [6, 6.07) is 6.38. The number of allylic oxidation sites excluding steroid dienone is 1. The van der Waals surface area contributed by atoms with Crippen molar-refractivity contribution in [1.29, 1.82) is 0 Å². The summed E-state index contributed by atoms with van der Waals surface area (Å²) in [6.45, 7) is 7.31. The number of nitrogens with zero attached hydrogens (tertiary/aromatic N) is 2. The van der Waals surface area contributed by atoms with Crippen LogP contribution in [0.15, 0.2) is 46.5 Å². The van der Waals surface area contributed by atoms with Crippen molar-refractivity contribution in [3.05, 3.63) is 52.6 Å². The highest BCUT2D eigenvalue weighted by Crippen LogP contribution is 2.37. The summed E-state index contributed by atoms with van der Waals surface area (Å²) in [5.74, 6) is 1.70. The third kappa shape index (κ3) is 3.84. The van der Waals surface area contributed by atoms with Gasteiger partial charge >= 0.3 is 0 Å². The predicted octanol–water partition coefficient (Wildman–Crippen LogP) is 5.57. The Morgan fingerprint density at radius 3 is 2.90 bits per heavy atom. The van der Waals surface area contributed by atoms with Crippen molar-refractivity contribution >= 4 is 11.6 Å². The summed E-state index contributed by atoms with van der Waals surface area (Å²) in [4.78, 5) is 20.1. The summed E-state index contributed by atoms with van der Waals surface area (Å²) in [5, 5.41) is 0. The van der Waals surface area contributed by atoms with E-state index in [2.05, 4.69) is 39.0 Å². The molecule has 160 valence electrons. The SMILES string of the molecule is COc1cccc([C@H]2C=CCN2C(=O)CCCC2N=C3C(=C2C)CCC[C@@H]3C)c1C. The minimum absolute atomic E-state index is 0.00639. The second-order valence-electron chi connectivity index (χ2n) is 8.97. The van der Waals surface area contributed by atoms with Crippen LogP contribution in [0.3, 0.4) is 0 Å². The molecule has 3 atom stereocenters. The minimum atomic E-state index is 0.00639. The van der Waals surface area contributed by atoms with Gasteiger partial charge in [0.05, 0.1) is 19.2 Å². The van der Waals surface area contributed by atoms with Gasteiger partial charge in [0.25, 0.3) is 0 Å². The first-order valence-corrected chi connectivity index (χ1v) is 11.4. The molecule has 30 heavy (non-hydrogen) atoms. The standard InChI is InChI=1S/C26H34N2O2/c1-17-9-5-11-21-18(2)22(27-26(17)21)12-7-15-25(29)28-16-8-13-23(28)20-10-6-14-24(30-4)19(20)3/h6,8,10,13-14,17,22-23H,5,7,9,11-12,15-16H2,1-4H3/t17-,22?,23+/m0/s1. The summed E-state index contributed by atoms with van der Waals surface area (Å²) < 4.78 is 5.48. The lowest BCUT2D eigenvalue weighted by Crippen LogP contribution is -2.31. The first kappa shape index (κ1) is 20.9. The van der Waals surface area contributed by atoms with Crippen LogP contribution in [-0.4, -0.2) is 36.2 Å². The molecule has 1 fully saturated rings. The third-order valence-electron chi connectivity index (χ3n) is 7.12. The molecule has 3 aliphatic rings. The van der Waals surface area contributed by atoms with E-state index in [1.165, 1.54) is 36.1 Å². The number of amides is 1. The Hall–Kier alpha value is -2.36. The van der Waals surface area contributed by atoms with Gasteiger partial charge in [-0.2, -0.15) is 0 Å². The fraction of sp³-hybridized carbons (Fsp3) is 0.538. The molecule has 0 aromatic heterocycles. The molecule has 0 spiro atoms. The van der Waals surface area contributed by atoms with Crippen LogP contribution in [0.4, 0.5) is 0 Å². The zero-order chi connectivity index (χ0) is 21.3. The second-order valence-corrected chi connectivity index (χ2v) is 8.97. The van der Waals surface area contributed by atoms with E-state index >= 15 is 0 Å². The van der Waals surface area contributed by atoms with E-state index in [9.17, 15) is 4.79 Å². The maximum Gasteiger partial charge on any atom is 0.223 e. The lowest BCUT2D eigenvalue weighted by Gasteiger charge is -2.27. The van der Waals surface area contributed by atoms with Crippen LogP contribution >= 0.6 is 0 Å². The van der Waals surface area contributed by atoms with Gasteiger partial charge in [0.2, 0.25) is 5.91 Å². The van der Waals surface area contributed by atoms with Crippen molar-refractivity contribution < 1.29 is 9.53 Å². The van der Waals surface area contributed by atoms with Crippen molar-refractivity contribution in [3.8, 4) is 5.75 Å². The van der Waals surface area contributed by atoms with Crippen LogP contribution in [0.2, 0.25) is 0 Å². The first-order valence-electron chi connectivity index (χ1n) is 11.4. The molecule has 1 aromatic rings. The first-order chi connectivity index (χ1) is 14.5. The van der Waals surface area contributed by atoms with E-state index in [0.29, 0.717) is 18.9 Å². The van der Waals surface area contributed by atoms with E-state index < -0.39 is 0 Å². The number of rotatable bonds is 6. The molecule has 0 bridgehead atoms. The monoisotopic (exact) mass is 406 g/mol. The van der Waals surface area contributed by atoms with Crippen molar-refractivity contribution in [2.24, 2.45) is 10.9 Å². The molecule has 4 nitrogen and oxygen atoms in total. The Morgan fingerprint density at radius 2 is 2.13 bits per heavy atom. The minimum Gasteiger partial charge on any atom is -0.496 e. The molecular formula is C26H34N2O2. The van der Waals surface area contributed by atoms with Crippen LogP contribution in [0.1, 0.15) is 69.5 Å².